The summed E-state index contributed by atoms with van der Waals surface area (Å²) >= 11 is 0. The van der Waals surface area contributed by atoms with Crippen LogP contribution in [0, 0.1) is 5.92 Å². The van der Waals surface area contributed by atoms with Crippen molar-refractivity contribution in [2.75, 3.05) is 19.8 Å². The van der Waals surface area contributed by atoms with E-state index in [4.69, 9.17) is 4.74 Å². The first-order valence-electron chi connectivity index (χ1n) is 7.08. The molecule has 0 radical (unpaired) electrons. The predicted octanol–water partition coefficient (Wildman–Crippen LogP) is 1.30. The predicted molar refractivity (Wildman–Crippen MR) is 72.5 cm³/mol. The summed E-state index contributed by atoms with van der Waals surface area (Å²) in [6.45, 7) is 7.08. The minimum Gasteiger partial charge on any atom is -0.396 e. The summed E-state index contributed by atoms with van der Waals surface area (Å²) in [7, 11) is 0. The molecule has 18 heavy (non-hydrogen) atoms. The smallest absolute Gasteiger partial charge is 0.0898 e. The highest BCUT2D eigenvalue weighted by atomic mass is 16.5. The lowest BCUT2D eigenvalue weighted by atomic mass is 9.85. The maximum atomic E-state index is 9.85. The van der Waals surface area contributed by atoms with Crippen LogP contribution in [0.15, 0.2) is 0 Å². The summed E-state index contributed by atoms with van der Waals surface area (Å²) in [6, 6.07) is 0.341. The lowest BCUT2D eigenvalue weighted by Crippen LogP contribution is -2.44. The highest BCUT2D eigenvalue weighted by Gasteiger charge is 2.24. The third-order valence-corrected chi connectivity index (χ3v) is 3.47. The zero-order chi connectivity index (χ0) is 13.6. The lowest BCUT2D eigenvalue weighted by Gasteiger charge is -2.32. The van der Waals surface area contributed by atoms with E-state index in [2.05, 4.69) is 5.32 Å². The van der Waals surface area contributed by atoms with Crippen molar-refractivity contribution < 1.29 is 14.9 Å². The van der Waals surface area contributed by atoms with Crippen LogP contribution in [-0.2, 0) is 4.74 Å². The Morgan fingerprint density at radius 1 is 1.28 bits per heavy atom. The second kappa shape index (κ2) is 7.43. The molecule has 0 aromatic carbocycles. The molecule has 3 atom stereocenters. The van der Waals surface area contributed by atoms with Crippen molar-refractivity contribution >= 4 is 0 Å². The van der Waals surface area contributed by atoms with E-state index in [1.807, 2.05) is 20.8 Å². The molecule has 1 aliphatic carbocycles. The number of aliphatic hydroxyl groups is 2. The van der Waals surface area contributed by atoms with Gasteiger partial charge >= 0.3 is 0 Å². The first-order chi connectivity index (χ1) is 8.42. The van der Waals surface area contributed by atoms with Crippen molar-refractivity contribution in [2.45, 2.75) is 64.2 Å². The van der Waals surface area contributed by atoms with Crippen molar-refractivity contribution in [3.05, 3.63) is 0 Å². The number of ether oxygens (including phenoxy) is 1. The molecule has 1 fully saturated rings. The monoisotopic (exact) mass is 259 g/mol. The Morgan fingerprint density at radius 3 is 2.56 bits per heavy atom. The Morgan fingerprint density at radius 2 is 1.94 bits per heavy atom. The van der Waals surface area contributed by atoms with Gasteiger partial charge in [0.2, 0.25) is 0 Å². The normalized spacial score (nSPS) is 27.2. The van der Waals surface area contributed by atoms with E-state index in [1.54, 1.807) is 0 Å². The Labute approximate surface area is 111 Å². The van der Waals surface area contributed by atoms with Gasteiger partial charge in [0.15, 0.2) is 0 Å². The van der Waals surface area contributed by atoms with E-state index in [0.717, 1.165) is 12.8 Å². The van der Waals surface area contributed by atoms with E-state index < -0.39 is 6.10 Å². The van der Waals surface area contributed by atoms with Gasteiger partial charge in [-0.2, -0.15) is 0 Å². The van der Waals surface area contributed by atoms with E-state index in [1.165, 1.54) is 12.8 Å². The molecule has 1 saturated carbocycles. The van der Waals surface area contributed by atoms with Gasteiger partial charge in [-0.25, -0.2) is 0 Å². The van der Waals surface area contributed by atoms with E-state index in [-0.39, 0.29) is 12.2 Å². The molecule has 0 amide bonds. The van der Waals surface area contributed by atoms with Crippen LogP contribution in [0.2, 0.25) is 0 Å². The van der Waals surface area contributed by atoms with Crippen LogP contribution in [0.25, 0.3) is 0 Å². The van der Waals surface area contributed by atoms with Gasteiger partial charge in [-0.3, -0.25) is 0 Å². The number of aliphatic hydroxyl groups excluding tert-OH is 2. The lowest BCUT2D eigenvalue weighted by molar-refractivity contribution is -0.0491. The molecular formula is C14H29NO3. The molecule has 0 aromatic heterocycles. The van der Waals surface area contributed by atoms with Crippen molar-refractivity contribution in [1.29, 1.82) is 0 Å². The van der Waals surface area contributed by atoms with Crippen molar-refractivity contribution in [3.63, 3.8) is 0 Å². The van der Waals surface area contributed by atoms with Gasteiger partial charge in [-0.15, -0.1) is 0 Å². The number of hydrogen-bond donors (Lipinski definition) is 3. The maximum Gasteiger partial charge on any atom is 0.0898 e. The average Bonchev–Trinajstić information content (AvgIpc) is 2.33. The molecule has 0 aromatic rings. The number of hydrogen-bond acceptors (Lipinski definition) is 4. The average molecular weight is 259 g/mol. The summed E-state index contributed by atoms with van der Waals surface area (Å²) < 4.78 is 5.54. The van der Waals surface area contributed by atoms with Crippen LogP contribution < -0.4 is 5.32 Å². The molecule has 4 heteroatoms. The largest absolute Gasteiger partial charge is 0.396 e. The topological polar surface area (TPSA) is 61.7 Å². The second-order valence-corrected chi connectivity index (χ2v) is 6.32. The van der Waals surface area contributed by atoms with Crippen LogP contribution in [0.3, 0.4) is 0 Å². The standard InChI is InChI=1S/C14H29NO3/c1-14(2,3)18-10-12(17)8-15-13-7-5-4-6-11(13)9-16/h11-13,15-17H,4-10H2,1-3H3. The third kappa shape index (κ3) is 6.14. The SMILES string of the molecule is CC(C)(C)OCC(O)CNC1CCCCC1CO. The van der Waals surface area contributed by atoms with Crippen LogP contribution in [0.5, 0.6) is 0 Å². The summed E-state index contributed by atoms with van der Waals surface area (Å²) in [5.41, 5.74) is -0.209. The molecule has 0 aliphatic heterocycles. The first kappa shape index (κ1) is 15.9. The molecular weight excluding hydrogens is 230 g/mol. The molecule has 1 aliphatic rings. The molecule has 0 saturated heterocycles. The van der Waals surface area contributed by atoms with Crippen LogP contribution in [0.4, 0.5) is 0 Å². The van der Waals surface area contributed by atoms with Gasteiger partial charge in [0, 0.05) is 19.2 Å². The van der Waals surface area contributed by atoms with Crippen molar-refractivity contribution in [3.8, 4) is 0 Å². The van der Waals surface area contributed by atoms with E-state index in [9.17, 15) is 10.2 Å². The fraction of sp³-hybridized carbons (Fsp3) is 1.00. The van der Waals surface area contributed by atoms with Gasteiger partial charge in [0.25, 0.3) is 0 Å². The van der Waals surface area contributed by atoms with Crippen LogP contribution in [-0.4, -0.2) is 47.7 Å². The van der Waals surface area contributed by atoms with Crippen LogP contribution in [0.1, 0.15) is 46.5 Å². The quantitative estimate of drug-likeness (QED) is 0.673. The molecule has 0 spiro atoms. The van der Waals surface area contributed by atoms with Crippen LogP contribution >= 0.6 is 0 Å². The number of nitrogens with one attached hydrogen (secondary N) is 1. The Bertz CT molecular complexity index is 228. The highest BCUT2D eigenvalue weighted by molar-refractivity contribution is 4.81. The van der Waals surface area contributed by atoms with Gasteiger partial charge in [-0.1, -0.05) is 12.8 Å². The molecule has 3 unspecified atom stereocenters. The summed E-state index contributed by atoms with van der Waals surface area (Å²) in [6.07, 6.45) is 4.12. The highest BCUT2D eigenvalue weighted by Crippen LogP contribution is 2.23. The zero-order valence-corrected chi connectivity index (χ0v) is 12.0. The molecule has 1 rings (SSSR count). The number of rotatable bonds is 6. The molecule has 0 bridgehead atoms. The fourth-order valence-corrected chi connectivity index (χ4v) is 2.39. The Hall–Kier alpha value is -0.160. The minimum absolute atomic E-state index is 0.209. The second-order valence-electron chi connectivity index (χ2n) is 6.32. The van der Waals surface area contributed by atoms with Gasteiger partial charge in [0.05, 0.1) is 18.3 Å². The zero-order valence-electron chi connectivity index (χ0n) is 12.0. The summed E-state index contributed by atoms with van der Waals surface area (Å²) in [4.78, 5) is 0. The fourth-order valence-electron chi connectivity index (χ4n) is 2.39. The first-order valence-corrected chi connectivity index (χ1v) is 7.08. The Kier molecular flexibility index (Phi) is 6.57. The van der Waals surface area contributed by atoms with E-state index in [0.29, 0.717) is 25.1 Å². The van der Waals surface area contributed by atoms with Gasteiger partial charge in [-0.05, 0) is 39.5 Å². The Balaban J connectivity index is 2.22. The molecule has 0 heterocycles. The summed E-state index contributed by atoms with van der Waals surface area (Å²) in [5, 5.41) is 22.5. The van der Waals surface area contributed by atoms with Crippen molar-refractivity contribution in [1.82, 2.24) is 5.32 Å². The van der Waals surface area contributed by atoms with Crippen molar-refractivity contribution in [2.24, 2.45) is 5.92 Å². The molecule has 3 N–H and O–H groups in total. The van der Waals surface area contributed by atoms with Gasteiger partial charge in [0.1, 0.15) is 0 Å². The maximum absolute atomic E-state index is 9.85. The third-order valence-electron chi connectivity index (χ3n) is 3.47. The minimum atomic E-state index is -0.481. The van der Waals surface area contributed by atoms with Gasteiger partial charge < -0.3 is 20.3 Å². The summed E-state index contributed by atoms with van der Waals surface area (Å²) in [5.74, 6) is 0.342. The molecule has 108 valence electrons. The molecule has 4 nitrogen and oxygen atoms in total. The van der Waals surface area contributed by atoms with E-state index >= 15 is 0 Å².